The van der Waals surface area contributed by atoms with Gasteiger partial charge in [-0.05, 0) is 43.7 Å². The Morgan fingerprint density at radius 3 is 2.81 bits per heavy atom. The molecule has 0 atom stereocenters. The van der Waals surface area contributed by atoms with Gasteiger partial charge in [-0.15, -0.1) is 11.3 Å². The van der Waals surface area contributed by atoms with Gasteiger partial charge in [0.25, 0.3) is 5.91 Å². The van der Waals surface area contributed by atoms with Gasteiger partial charge in [-0.25, -0.2) is 10.4 Å². The molecule has 0 saturated carbocycles. The van der Waals surface area contributed by atoms with Crippen LogP contribution in [-0.4, -0.2) is 17.1 Å². The minimum Gasteiger partial charge on any atom is -0.488 e. The van der Waals surface area contributed by atoms with E-state index >= 15 is 0 Å². The number of para-hydroxylation sites is 1. The van der Waals surface area contributed by atoms with Crippen LogP contribution in [0.3, 0.4) is 0 Å². The molecule has 2 aromatic carbocycles. The maximum Gasteiger partial charge on any atom is 0.283 e. The van der Waals surface area contributed by atoms with Crippen molar-refractivity contribution in [2.75, 3.05) is 0 Å². The molecule has 138 valence electrons. The summed E-state index contributed by atoms with van der Waals surface area (Å²) in [4.78, 5) is 17.0. The number of hydrogen-bond acceptors (Lipinski definition) is 5. The van der Waals surface area contributed by atoms with Gasteiger partial charge in [0.2, 0.25) is 0 Å². The third-order valence-corrected chi connectivity index (χ3v) is 4.99. The van der Waals surface area contributed by atoms with Gasteiger partial charge < -0.3 is 4.74 Å². The topological polar surface area (TPSA) is 63.6 Å². The number of carbonyl (C=O) groups excluding carboxylic acids is 1. The monoisotopic (exact) mass is 399 g/mol. The van der Waals surface area contributed by atoms with Gasteiger partial charge in [-0.1, -0.05) is 35.9 Å². The van der Waals surface area contributed by atoms with Crippen molar-refractivity contribution in [1.82, 2.24) is 10.4 Å². The summed E-state index contributed by atoms with van der Waals surface area (Å²) in [5.74, 6) is 0.395. The molecule has 0 fully saturated rings. The second-order valence-electron chi connectivity index (χ2n) is 5.80. The molecule has 1 amide bonds. The Balaban J connectivity index is 1.65. The summed E-state index contributed by atoms with van der Waals surface area (Å²) in [6.45, 7) is 4.06. The number of ether oxygens (including phenoxy) is 1. The van der Waals surface area contributed by atoms with Crippen molar-refractivity contribution in [2.24, 2.45) is 5.10 Å². The second-order valence-corrected chi connectivity index (χ2v) is 7.44. The molecule has 27 heavy (non-hydrogen) atoms. The number of aromatic nitrogens is 1. The van der Waals surface area contributed by atoms with Crippen molar-refractivity contribution >= 4 is 35.1 Å². The minimum atomic E-state index is -0.272. The molecule has 0 bridgehead atoms. The van der Waals surface area contributed by atoms with Crippen LogP contribution in [0.5, 0.6) is 5.75 Å². The predicted octanol–water partition coefficient (Wildman–Crippen LogP) is 4.76. The predicted molar refractivity (Wildman–Crippen MR) is 109 cm³/mol. The zero-order chi connectivity index (χ0) is 19.2. The van der Waals surface area contributed by atoms with E-state index in [1.807, 2.05) is 55.5 Å². The number of carbonyl (C=O) groups is 1. The molecule has 3 aromatic rings. The summed E-state index contributed by atoms with van der Waals surface area (Å²) in [7, 11) is 0. The third kappa shape index (κ3) is 5.15. The van der Waals surface area contributed by atoms with Crippen LogP contribution in [-0.2, 0) is 6.61 Å². The van der Waals surface area contributed by atoms with E-state index < -0.39 is 0 Å². The number of nitrogens with one attached hydrogen (secondary N) is 1. The first kappa shape index (κ1) is 19.1. The molecule has 0 unspecified atom stereocenters. The quantitative estimate of drug-likeness (QED) is 0.480. The van der Waals surface area contributed by atoms with Crippen molar-refractivity contribution in [3.63, 3.8) is 0 Å². The highest BCUT2D eigenvalue weighted by atomic mass is 35.5. The molecule has 0 aliphatic rings. The van der Waals surface area contributed by atoms with Gasteiger partial charge in [0.05, 0.1) is 16.9 Å². The first-order chi connectivity index (χ1) is 13.0. The molecule has 7 heteroatoms. The van der Waals surface area contributed by atoms with Gasteiger partial charge in [0.1, 0.15) is 17.2 Å². The molecule has 0 radical (unpaired) electrons. The van der Waals surface area contributed by atoms with Crippen LogP contribution in [0.25, 0.3) is 0 Å². The molecule has 3 rings (SSSR count). The van der Waals surface area contributed by atoms with E-state index in [1.165, 1.54) is 11.3 Å². The molecule has 0 aliphatic carbocycles. The van der Waals surface area contributed by atoms with Crippen LogP contribution in [0.15, 0.2) is 53.6 Å². The van der Waals surface area contributed by atoms with E-state index in [9.17, 15) is 4.79 Å². The number of halogens is 1. The standard InChI is InChI=1S/C20H18ClN3O2S/c1-13-19(27-14(2)23-13)20(25)24-22-11-16-7-3-4-9-18(16)26-12-15-6-5-8-17(21)10-15/h3-11H,12H2,1-2H3,(H,24,25)/b22-11+. The van der Waals surface area contributed by atoms with Crippen LogP contribution >= 0.6 is 22.9 Å². The molecule has 1 heterocycles. The van der Waals surface area contributed by atoms with Crippen molar-refractivity contribution in [3.8, 4) is 5.75 Å². The van der Waals surface area contributed by atoms with E-state index in [1.54, 1.807) is 13.1 Å². The third-order valence-electron chi connectivity index (χ3n) is 3.68. The highest BCUT2D eigenvalue weighted by Gasteiger charge is 2.12. The first-order valence-corrected chi connectivity index (χ1v) is 9.46. The number of thiazole rings is 1. The number of aryl methyl sites for hydroxylation is 2. The summed E-state index contributed by atoms with van der Waals surface area (Å²) in [6.07, 6.45) is 1.56. The fraction of sp³-hybridized carbons (Fsp3) is 0.150. The largest absolute Gasteiger partial charge is 0.488 e. The lowest BCUT2D eigenvalue weighted by molar-refractivity contribution is 0.0958. The minimum absolute atomic E-state index is 0.272. The summed E-state index contributed by atoms with van der Waals surface area (Å²) in [5.41, 5.74) is 4.97. The Morgan fingerprint density at radius 1 is 1.26 bits per heavy atom. The number of hydrazone groups is 1. The Kier molecular flexibility index (Phi) is 6.21. The number of hydrogen-bond donors (Lipinski definition) is 1. The second kappa shape index (κ2) is 8.79. The fourth-order valence-corrected chi connectivity index (χ4v) is 3.48. The Labute approximate surface area is 166 Å². The summed E-state index contributed by atoms with van der Waals surface area (Å²) < 4.78 is 5.87. The van der Waals surface area contributed by atoms with Gasteiger partial charge in [-0.2, -0.15) is 5.10 Å². The van der Waals surface area contributed by atoms with Crippen LogP contribution in [0.1, 0.15) is 31.5 Å². The van der Waals surface area contributed by atoms with E-state index in [2.05, 4.69) is 15.5 Å². The SMILES string of the molecule is Cc1nc(C)c(C(=O)N/N=C/c2ccccc2OCc2cccc(Cl)c2)s1. The zero-order valence-corrected chi connectivity index (χ0v) is 16.5. The summed E-state index contributed by atoms with van der Waals surface area (Å²) >= 11 is 7.34. The van der Waals surface area contributed by atoms with Crippen LogP contribution in [0, 0.1) is 13.8 Å². The summed E-state index contributed by atoms with van der Waals surface area (Å²) in [6, 6.07) is 15.0. The van der Waals surface area contributed by atoms with E-state index in [-0.39, 0.29) is 5.91 Å². The first-order valence-electron chi connectivity index (χ1n) is 8.26. The van der Waals surface area contributed by atoms with Crippen LogP contribution in [0.2, 0.25) is 5.02 Å². The highest BCUT2D eigenvalue weighted by molar-refractivity contribution is 7.13. The highest BCUT2D eigenvalue weighted by Crippen LogP contribution is 2.19. The normalized spacial score (nSPS) is 10.9. The number of nitrogens with zero attached hydrogens (tertiary/aromatic N) is 2. The van der Waals surface area contributed by atoms with Gasteiger partial charge in [0.15, 0.2) is 0 Å². The van der Waals surface area contributed by atoms with E-state index in [0.717, 1.165) is 16.1 Å². The molecular formula is C20H18ClN3O2S. The number of rotatable bonds is 6. The van der Waals surface area contributed by atoms with Gasteiger partial charge >= 0.3 is 0 Å². The maximum atomic E-state index is 12.2. The number of amides is 1. The molecular weight excluding hydrogens is 382 g/mol. The maximum absolute atomic E-state index is 12.2. The van der Waals surface area contributed by atoms with E-state index in [0.29, 0.717) is 28.0 Å². The Morgan fingerprint density at radius 2 is 2.07 bits per heavy atom. The molecule has 1 aromatic heterocycles. The Hall–Kier alpha value is -2.70. The fourth-order valence-electron chi connectivity index (χ4n) is 2.46. The lowest BCUT2D eigenvalue weighted by Crippen LogP contribution is -2.17. The molecule has 0 aliphatic heterocycles. The lowest BCUT2D eigenvalue weighted by atomic mass is 10.2. The average molecular weight is 400 g/mol. The lowest BCUT2D eigenvalue weighted by Gasteiger charge is -2.09. The van der Waals surface area contributed by atoms with Crippen molar-refractivity contribution in [1.29, 1.82) is 0 Å². The molecule has 0 spiro atoms. The van der Waals surface area contributed by atoms with E-state index in [4.69, 9.17) is 16.3 Å². The van der Waals surface area contributed by atoms with Gasteiger partial charge in [0, 0.05) is 10.6 Å². The number of benzene rings is 2. The molecule has 0 saturated heterocycles. The van der Waals surface area contributed by atoms with Crippen molar-refractivity contribution in [2.45, 2.75) is 20.5 Å². The van der Waals surface area contributed by atoms with Crippen molar-refractivity contribution in [3.05, 3.63) is 80.3 Å². The Bertz CT molecular complexity index is 985. The smallest absolute Gasteiger partial charge is 0.283 e. The summed E-state index contributed by atoms with van der Waals surface area (Å²) in [5, 5.41) is 5.57. The van der Waals surface area contributed by atoms with Crippen LogP contribution < -0.4 is 10.2 Å². The van der Waals surface area contributed by atoms with Gasteiger partial charge in [-0.3, -0.25) is 4.79 Å². The molecule has 5 nitrogen and oxygen atoms in total. The van der Waals surface area contributed by atoms with Crippen molar-refractivity contribution < 1.29 is 9.53 Å². The zero-order valence-electron chi connectivity index (χ0n) is 14.9. The van der Waals surface area contributed by atoms with Crippen LogP contribution in [0.4, 0.5) is 0 Å². The molecule has 1 N–H and O–H groups in total. The average Bonchev–Trinajstić information content (AvgIpc) is 2.99.